The first kappa shape index (κ1) is 17.6. The third-order valence-corrected chi connectivity index (χ3v) is 4.01. The Labute approximate surface area is 154 Å². The van der Waals surface area contributed by atoms with E-state index in [9.17, 15) is 14.9 Å². The number of nitrogens with one attached hydrogen (secondary N) is 1. The van der Waals surface area contributed by atoms with Crippen molar-refractivity contribution in [3.8, 4) is 0 Å². The number of rotatable bonds is 6. The molecule has 7 nitrogen and oxygen atoms in total. The summed E-state index contributed by atoms with van der Waals surface area (Å²) in [5.74, 6) is -0.542. The average Bonchev–Trinajstić information content (AvgIpc) is 3.13. The molecule has 0 spiro atoms. The van der Waals surface area contributed by atoms with Crippen LogP contribution in [0.25, 0.3) is 0 Å². The lowest BCUT2D eigenvalue weighted by Crippen LogP contribution is -2.23. The molecule has 0 fully saturated rings. The maximum Gasteiger partial charge on any atom is 0.282 e. The predicted molar refractivity (Wildman–Crippen MR) is 97.0 cm³/mol. The second kappa shape index (κ2) is 7.79. The van der Waals surface area contributed by atoms with E-state index >= 15 is 0 Å². The van der Waals surface area contributed by atoms with Gasteiger partial charge in [0, 0.05) is 30.0 Å². The molecule has 132 valence electrons. The van der Waals surface area contributed by atoms with Gasteiger partial charge in [0.1, 0.15) is 5.56 Å². The van der Waals surface area contributed by atoms with Gasteiger partial charge in [-0.3, -0.25) is 19.6 Å². The van der Waals surface area contributed by atoms with Gasteiger partial charge in [-0.2, -0.15) is 5.10 Å². The molecule has 0 aliphatic rings. The van der Waals surface area contributed by atoms with Crippen molar-refractivity contribution in [3.63, 3.8) is 0 Å². The Balaban J connectivity index is 1.64. The molecule has 1 aromatic heterocycles. The molecule has 0 saturated heterocycles. The minimum absolute atomic E-state index is 0.0576. The molecule has 0 unspecified atom stereocenters. The van der Waals surface area contributed by atoms with Gasteiger partial charge in [0.25, 0.3) is 11.6 Å². The van der Waals surface area contributed by atoms with Crippen LogP contribution < -0.4 is 5.32 Å². The molecule has 0 radical (unpaired) electrons. The number of halogens is 1. The topological polar surface area (TPSA) is 90.1 Å². The number of hydrogen-bond acceptors (Lipinski definition) is 4. The van der Waals surface area contributed by atoms with E-state index in [-0.39, 0.29) is 22.8 Å². The molecule has 1 N–H and O–H groups in total. The van der Waals surface area contributed by atoms with Crippen LogP contribution in [0.5, 0.6) is 0 Å². The van der Waals surface area contributed by atoms with E-state index in [1.54, 1.807) is 6.20 Å². The van der Waals surface area contributed by atoms with Gasteiger partial charge in [-0.25, -0.2) is 0 Å². The molecule has 0 saturated carbocycles. The van der Waals surface area contributed by atoms with Crippen molar-refractivity contribution < 1.29 is 9.72 Å². The minimum atomic E-state index is -0.602. The van der Waals surface area contributed by atoms with Crippen LogP contribution >= 0.6 is 11.6 Å². The zero-order chi connectivity index (χ0) is 18.5. The summed E-state index contributed by atoms with van der Waals surface area (Å²) in [5.41, 5.74) is 1.63. The smallest absolute Gasteiger partial charge is 0.282 e. The summed E-state index contributed by atoms with van der Waals surface area (Å²) in [6, 6.07) is 13.4. The number of nitro benzene ring substituents is 1. The Morgan fingerprint density at radius 1 is 1.19 bits per heavy atom. The Kier molecular flexibility index (Phi) is 5.28. The van der Waals surface area contributed by atoms with Crippen LogP contribution in [0.15, 0.2) is 60.9 Å². The van der Waals surface area contributed by atoms with Crippen LogP contribution in [-0.4, -0.2) is 20.6 Å². The van der Waals surface area contributed by atoms with Crippen molar-refractivity contribution in [2.24, 2.45) is 0 Å². The molecule has 0 atom stereocenters. The highest BCUT2D eigenvalue weighted by molar-refractivity contribution is 6.31. The Hall–Kier alpha value is -3.19. The molecule has 1 heterocycles. The quantitative estimate of drug-likeness (QED) is 0.531. The Bertz CT molecular complexity index is 924. The van der Waals surface area contributed by atoms with Gasteiger partial charge in [-0.05, 0) is 29.3 Å². The highest BCUT2D eigenvalue weighted by Crippen LogP contribution is 2.22. The molecule has 3 aromatic rings. The molecule has 0 aliphatic heterocycles. The molecule has 1 amide bonds. The van der Waals surface area contributed by atoms with Crippen LogP contribution in [0.2, 0.25) is 5.02 Å². The van der Waals surface area contributed by atoms with Crippen LogP contribution in [0.3, 0.4) is 0 Å². The monoisotopic (exact) mass is 370 g/mol. The summed E-state index contributed by atoms with van der Waals surface area (Å²) in [7, 11) is 0. The van der Waals surface area contributed by atoms with E-state index in [1.807, 2.05) is 41.2 Å². The lowest BCUT2D eigenvalue weighted by atomic mass is 10.1. The van der Waals surface area contributed by atoms with Gasteiger partial charge in [-0.15, -0.1) is 0 Å². The largest absolute Gasteiger partial charge is 0.348 e. The summed E-state index contributed by atoms with van der Waals surface area (Å²) in [4.78, 5) is 22.7. The predicted octanol–water partition coefficient (Wildman–Crippen LogP) is 3.42. The van der Waals surface area contributed by atoms with E-state index < -0.39 is 10.8 Å². The first-order chi connectivity index (χ1) is 12.5. The lowest BCUT2D eigenvalue weighted by molar-refractivity contribution is -0.385. The highest BCUT2D eigenvalue weighted by Gasteiger charge is 2.20. The number of hydrogen-bond donors (Lipinski definition) is 1. The van der Waals surface area contributed by atoms with Crippen LogP contribution in [0.1, 0.15) is 21.5 Å². The van der Waals surface area contributed by atoms with Gasteiger partial charge in [0.2, 0.25) is 0 Å². The first-order valence-electron chi connectivity index (χ1n) is 7.80. The zero-order valence-electron chi connectivity index (χ0n) is 13.6. The Morgan fingerprint density at radius 3 is 2.58 bits per heavy atom. The van der Waals surface area contributed by atoms with Crippen LogP contribution in [-0.2, 0) is 13.1 Å². The van der Waals surface area contributed by atoms with E-state index in [4.69, 9.17) is 11.6 Å². The molecule has 26 heavy (non-hydrogen) atoms. The molecule has 2 aromatic carbocycles. The van der Waals surface area contributed by atoms with Gasteiger partial charge in [0.05, 0.1) is 11.5 Å². The van der Waals surface area contributed by atoms with Crippen molar-refractivity contribution in [1.29, 1.82) is 0 Å². The normalized spacial score (nSPS) is 10.5. The number of carbonyl (C=O) groups is 1. The summed E-state index contributed by atoms with van der Waals surface area (Å²) < 4.78 is 1.81. The summed E-state index contributed by atoms with van der Waals surface area (Å²) >= 11 is 5.85. The molecule has 0 bridgehead atoms. The molecular weight excluding hydrogens is 356 g/mol. The number of amides is 1. The van der Waals surface area contributed by atoms with Crippen molar-refractivity contribution in [1.82, 2.24) is 15.1 Å². The zero-order valence-corrected chi connectivity index (χ0v) is 14.4. The summed E-state index contributed by atoms with van der Waals surface area (Å²) in [6.07, 6.45) is 3.60. The molecule has 8 heteroatoms. The van der Waals surface area contributed by atoms with E-state index in [0.717, 1.165) is 11.1 Å². The van der Waals surface area contributed by atoms with E-state index in [2.05, 4.69) is 10.4 Å². The highest BCUT2D eigenvalue weighted by atomic mass is 35.5. The average molecular weight is 371 g/mol. The molecule has 0 aliphatic carbocycles. The third-order valence-electron chi connectivity index (χ3n) is 3.78. The second-order valence-electron chi connectivity index (χ2n) is 5.62. The fraction of sp³-hybridized carbons (Fsp3) is 0.111. The Morgan fingerprint density at radius 2 is 1.92 bits per heavy atom. The van der Waals surface area contributed by atoms with Crippen molar-refractivity contribution >= 4 is 23.2 Å². The lowest BCUT2D eigenvalue weighted by Gasteiger charge is -2.08. The number of nitrogens with zero attached hydrogens (tertiary/aromatic N) is 3. The summed E-state index contributed by atoms with van der Waals surface area (Å²) in [6.45, 7) is 0.916. The second-order valence-corrected chi connectivity index (χ2v) is 6.06. The fourth-order valence-electron chi connectivity index (χ4n) is 2.47. The number of nitro groups is 1. The minimum Gasteiger partial charge on any atom is -0.348 e. The van der Waals surface area contributed by atoms with Crippen molar-refractivity contribution in [2.75, 3.05) is 0 Å². The van der Waals surface area contributed by atoms with Gasteiger partial charge in [0.15, 0.2) is 0 Å². The SMILES string of the molecule is O=C(NCc1ccc(Cn2cccn2)cc1)c1cc(Cl)ccc1[N+](=O)[O-]. The number of aromatic nitrogens is 2. The van der Waals surface area contributed by atoms with Gasteiger partial charge < -0.3 is 5.32 Å². The van der Waals surface area contributed by atoms with Crippen molar-refractivity contribution in [3.05, 3.63) is 92.8 Å². The molecule has 3 rings (SSSR count). The molecular formula is C18H15ClN4O3. The maximum atomic E-state index is 12.3. The van der Waals surface area contributed by atoms with Crippen LogP contribution in [0, 0.1) is 10.1 Å². The van der Waals surface area contributed by atoms with E-state index in [0.29, 0.717) is 6.54 Å². The number of carbonyl (C=O) groups excluding carboxylic acids is 1. The van der Waals surface area contributed by atoms with Gasteiger partial charge in [-0.1, -0.05) is 35.9 Å². The first-order valence-corrected chi connectivity index (χ1v) is 8.18. The fourth-order valence-corrected chi connectivity index (χ4v) is 2.64. The third kappa shape index (κ3) is 4.25. The number of benzene rings is 2. The van der Waals surface area contributed by atoms with Gasteiger partial charge >= 0.3 is 0 Å². The maximum absolute atomic E-state index is 12.3. The van der Waals surface area contributed by atoms with Crippen LogP contribution in [0.4, 0.5) is 5.69 Å². The summed E-state index contributed by atoms with van der Waals surface area (Å²) in [5, 5.41) is 18.2. The van der Waals surface area contributed by atoms with E-state index in [1.165, 1.54) is 18.2 Å². The standard InChI is InChI=1S/C18H15ClN4O3/c19-15-6-7-17(23(25)26)16(10-15)18(24)20-11-13-2-4-14(5-3-13)12-22-9-1-8-21-22/h1-10H,11-12H2,(H,20,24). The van der Waals surface area contributed by atoms with Crippen molar-refractivity contribution in [2.45, 2.75) is 13.1 Å².